The smallest absolute Gasteiger partial charge is 0.325 e. The first-order chi connectivity index (χ1) is 9.69. The van der Waals surface area contributed by atoms with Crippen LogP contribution < -0.4 is 5.32 Å². The second kappa shape index (κ2) is 4.90. The van der Waals surface area contributed by atoms with Gasteiger partial charge in [0.1, 0.15) is 5.54 Å². The molecule has 1 saturated heterocycles. The van der Waals surface area contributed by atoms with Crippen molar-refractivity contribution in [2.75, 3.05) is 19.8 Å². The number of aryl methyl sites for hydroxylation is 1. The molecule has 1 N–H and O–H groups in total. The predicted molar refractivity (Wildman–Crippen MR) is 73.2 cm³/mol. The van der Waals surface area contributed by atoms with Gasteiger partial charge in [-0.1, -0.05) is 24.3 Å². The minimum absolute atomic E-state index is 0.146. The highest BCUT2D eigenvalue weighted by atomic mass is 16.5. The molecule has 1 atom stereocenters. The highest BCUT2D eigenvalue weighted by Crippen LogP contribution is 2.41. The van der Waals surface area contributed by atoms with E-state index in [2.05, 4.69) is 5.32 Å². The Hall–Kier alpha value is -1.88. The molecule has 1 heterocycles. The largest absolute Gasteiger partial charge is 0.380 e. The van der Waals surface area contributed by atoms with E-state index in [-0.39, 0.29) is 11.9 Å². The molecule has 0 aromatic heterocycles. The zero-order chi connectivity index (χ0) is 14.2. The molecule has 5 nitrogen and oxygen atoms in total. The normalized spacial score (nSPS) is 24.4. The number of hydrogen-bond donors (Lipinski definition) is 1. The average molecular weight is 274 g/mol. The van der Waals surface area contributed by atoms with Crippen molar-refractivity contribution < 1.29 is 14.3 Å². The number of imide groups is 1. The van der Waals surface area contributed by atoms with Crippen LogP contribution >= 0.6 is 0 Å². The lowest BCUT2D eigenvalue weighted by atomic mass is 9.92. The Morgan fingerprint density at radius 1 is 1.35 bits per heavy atom. The van der Waals surface area contributed by atoms with Crippen molar-refractivity contribution in [2.24, 2.45) is 0 Å². The molecule has 0 unspecified atom stereocenters. The molecule has 1 aromatic carbocycles. The maximum atomic E-state index is 12.7. The van der Waals surface area contributed by atoms with E-state index in [0.29, 0.717) is 26.2 Å². The zero-order valence-corrected chi connectivity index (χ0v) is 11.5. The maximum Gasteiger partial charge on any atom is 0.325 e. The fraction of sp³-hybridized carbons (Fsp3) is 0.467. The van der Waals surface area contributed by atoms with Gasteiger partial charge in [0.25, 0.3) is 5.91 Å². The quantitative estimate of drug-likeness (QED) is 0.667. The summed E-state index contributed by atoms with van der Waals surface area (Å²) < 4.78 is 5.24. The van der Waals surface area contributed by atoms with Crippen molar-refractivity contribution in [2.45, 2.75) is 25.3 Å². The van der Waals surface area contributed by atoms with E-state index in [1.165, 1.54) is 4.90 Å². The number of ether oxygens (including phenoxy) is 1. The third-order valence-corrected chi connectivity index (χ3v) is 4.09. The minimum Gasteiger partial charge on any atom is -0.380 e. The van der Waals surface area contributed by atoms with E-state index in [9.17, 15) is 9.59 Å². The molecule has 0 saturated carbocycles. The number of nitrogens with one attached hydrogen (secondary N) is 1. The average Bonchev–Trinajstić information content (AvgIpc) is 2.94. The van der Waals surface area contributed by atoms with Crippen LogP contribution in [-0.2, 0) is 21.5 Å². The van der Waals surface area contributed by atoms with Crippen LogP contribution in [0, 0.1) is 0 Å². The van der Waals surface area contributed by atoms with Crippen LogP contribution in [0.1, 0.15) is 24.5 Å². The fourth-order valence-electron chi connectivity index (χ4n) is 3.09. The highest BCUT2D eigenvalue weighted by Gasteiger charge is 2.54. The third kappa shape index (κ3) is 1.81. The topological polar surface area (TPSA) is 58.6 Å². The molecule has 0 bridgehead atoms. The number of fused-ring (bicyclic) bond motifs is 2. The van der Waals surface area contributed by atoms with Crippen LogP contribution in [0.25, 0.3) is 0 Å². The van der Waals surface area contributed by atoms with Crippen LogP contribution in [0.5, 0.6) is 0 Å². The Balaban J connectivity index is 1.87. The first-order valence-electron chi connectivity index (χ1n) is 6.99. The standard InChI is InChI=1S/C15H18N2O3/c1-2-20-10-9-17-13(18)15(16-14(17)19)8-7-11-5-3-4-6-12(11)15/h3-6H,2,7-10H2,1H3,(H,16,19)/t15-/m0/s1. The first kappa shape index (κ1) is 13.1. The van der Waals surface area contributed by atoms with Crippen molar-refractivity contribution in [1.29, 1.82) is 0 Å². The Morgan fingerprint density at radius 2 is 2.15 bits per heavy atom. The van der Waals surface area contributed by atoms with Crippen molar-refractivity contribution in [3.05, 3.63) is 35.4 Å². The van der Waals surface area contributed by atoms with Crippen molar-refractivity contribution in [3.63, 3.8) is 0 Å². The van der Waals surface area contributed by atoms with Crippen molar-refractivity contribution in [1.82, 2.24) is 10.2 Å². The van der Waals surface area contributed by atoms with Crippen molar-refractivity contribution in [3.8, 4) is 0 Å². The predicted octanol–water partition coefficient (Wildman–Crippen LogP) is 1.42. The van der Waals surface area contributed by atoms with Crippen LogP contribution in [0.15, 0.2) is 24.3 Å². The summed E-state index contributed by atoms with van der Waals surface area (Å²) in [4.78, 5) is 26.0. The number of amides is 3. The summed E-state index contributed by atoms with van der Waals surface area (Å²) in [6.07, 6.45) is 1.46. The summed E-state index contributed by atoms with van der Waals surface area (Å²) >= 11 is 0. The lowest BCUT2D eigenvalue weighted by Crippen LogP contribution is -2.42. The van der Waals surface area contributed by atoms with Crippen LogP contribution in [0.3, 0.4) is 0 Å². The molecule has 1 aromatic rings. The first-order valence-corrected chi connectivity index (χ1v) is 6.99. The van der Waals surface area contributed by atoms with Gasteiger partial charge in [-0.25, -0.2) is 4.79 Å². The number of rotatable bonds is 4. The van der Waals surface area contributed by atoms with Gasteiger partial charge in [-0.05, 0) is 30.9 Å². The van der Waals surface area contributed by atoms with E-state index in [0.717, 1.165) is 17.5 Å². The lowest BCUT2D eigenvalue weighted by molar-refractivity contribution is -0.132. The molecule has 1 spiro atoms. The van der Waals surface area contributed by atoms with Crippen LogP contribution in [-0.4, -0.2) is 36.6 Å². The number of urea groups is 1. The highest BCUT2D eigenvalue weighted by molar-refractivity contribution is 6.08. The summed E-state index contributed by atoms with van der Waals surface area (Å²) in [5.74, 6) is -0.146. The molecular weight excluding hydrogens is 256 g/mol. The van der Waals surface area contributed by atoms with Gasteiger partial charge in [0.15, 0.2) is 0 Å². The summed E-state index contributed by atoms with van der Waals surface area (Å²) in [5, 5.41) is 2.89. The van der Waals surface area contributed by atoms with Gasteiger partial charge in [-0.3, -0.25) is 9.69 Å². The molecule has 1 aliphatic heterocycles. The Kier molecular flexibility index (Phi) is 3.22. The Morgan fingerprint density at radius 3 is 2.95 bits per heavy atom. The summed E-state index contributed by atoms with van der Waals surface area (Å²) in [6.45, 7) is 3.16. The minimum atomic E-state index is -0.847. The Labute approximate surface area is 117 Å². The number of hydrogen-bond acceptors (Lipinski definition) is 3. The van der Waals surface area contributed by atoms with Gasteiger partial charge < -0.3 is 10.1 Å². The SMILES string of the molecule is CCOCCN1C(=O)N[C@]2(CCc3ccccc32)C1=O. The van der Waals surface area contributed by atoms with Gasteiger partial charge in [0.2, 0.25) is 0 Å². The van der Waals surface area contributed by atoms with E-state index in [4.69, 9.17) is 4.74 Å². The summed E-state index contributed by atoms with van der Waals surface area (Å²) in [7, 11) is 0. The summed E-state index contributed by atoms with van der Waals surface area (Å²) in [6, 6.07) is 7.52. The van der Waals surface area contributed by atoms with E-state index < -0.39 is 5.54 Å². The molecule has 1 aliphatic carbocycles. The number of nitrogens with zero attached hydrogens (tertiary/aromatic N) is 1. The number of carbonyl (C=O) groups is 2. The molecule has 5 heteroatoms. The zero-order valence-electron chi connectivity index (χ0n) is 11.5. The van der Waals surface area contributed by atoms with Gasteiger partial charge in [-0.2, -0.15) is 0 Å². The van der Waals surface area contributed by atoms with Crippen LogP contribution in [0.4, 0.5) is 4.79 Å². The molecule has 20 heavy (non-hydrogen) atoms. The second-order valence-corrected chi connectivity index (χ2v) is 5.15. The maximum absolute atomic E-state index is 12.7. The monoisotopic (exact) mass is 274 g/mol. The Bertz CT molecular complexity index is 558. The lowest BCUT2D eigenvalue weighted by Gasteiger charge is -2.22. The van der Waals surface area contributed by atoms with Gasteiger partial charge in [-0.15, -0.1) is 0 Å². The summed E-state index contributed by atoms with van der Waals surface area (Å²) in [5.41, 5.74) is 1.24. The van der Waals surface area contributed by atoms with E-state index in [1.807, 2.05) is 31.2 Å². The molecule has 1 fully saturated rings. The molecule has 2 aliphatic rings. The molecule has 3 amide bonds. The van der Waals surface area contributed by atoms with E-state index >= 15 is 0 Å². The van der Waals surface area contributed by atoms with Gasteiger partial charge >= 0.3 is 6.03 Å². The van der Waals surface area contributed by atoms with Gasteiger partial charge in [0.05, 0.1) is 13.2 Å². The van der Waals surface area contributed by atoms with Crippen molar-refractivity contribution >= 4 is 11.9 Å². The van der Waals surface area contributed by atoms with Gasteiger partial charge in [0, 0.05) is 6.61 Å². The second-order valence-electron chi connectivity index (χ2n) is 5.15. The molecule has 106 valence electrons. The van der Waals surface area contributed by atoms with E-state index in [1.54, 1.807) is 0 Å². The molecular formula is C15H18N2O3. The fourth-order valence-corrected chi connectivity index (χ4v) is 3.09. The van der Waals surface area contributed by atoms with Crippen LogP contribution in [0.2, 0.25) is 0 Å². The number of benzene rings is 1. The molecule has 3 rings (SSSR count). The third-order valence-electron chi connectivity index (χ3n) is 4.09. The number of carbonyl (C=O) groups excluding carboxylic acids is 2. The molecule has 0 radical (unpaired) electrons.